The van der Waals surface area contributed by atoms with E-state index in [1.807, 2.05) is 62.4 Å². The first kappa shape index (κ1) is 22.8. The third-order valence-electron chi connectivity index (χ3n) is 4.73. The number of hydrogen-bond donors (Lipinski definition) is 1. The van der Waals surface area contributed by atoms with E-state index in [-0.39, 0.29) is 17.6 Å². The fourth-order valence-corrected chi connectivity index (χ4v) is 4.18. The van der Waals surface area contributed by atoms with Crippen LogP contribution in [-0.4, -0.2) is 32.3 Å². The van der Waals surface area contributed by atoms with Gasteiger partial charge in [0.05, 0.1) is 5.75 Å². The Morgan fingerprint density at radius 2 is 1.64 bits per heavy atom. The molecule has 0 aliphatic carbocycles. The summed E-state index contributed by atoms with van der Waals surface area (Å²) < 4.78 is 1.24. The Hall–Kier alpha value is -3.42. The molecule has 33 heavy (non-hydrogen) atoms. The summed E-state index contributed by atoms with van der Waals surface area (Å²) in [5.41, 5.74) is 4.08. The number of amides is 1. The molecule has 3 aromatic carbocycles. The van der Waals surface area contributed by atoms with Crippen molar-refractivity contribution in [2.24, 2.45) is 0 Å². The predicted molar refractivity (Wildman–Crippen MR) is 132 cm³/mol. The number of carbonyl (C=O) groups is 2. The summed E-state index contributed by atoms with van der Waals surface area (Å²) in [6.45, 7) is 3.96. The number of benzene rings is 3. The van der Waals surface area contributed by atoms with Crippen molar-refractivity contribution in [2.75, 3.05) is 11.1 Å². The van der Waals surface area contributed by atoms with Gasteiger partial charge < -0.3 is 5.32 Å². The molecule has 0 radical (unpaired) electrons. The number of carbonyl (C=O) groups excluding carboxylic acids is 2. The number of thioether (sulfide) groups is 1. The van der Waals surface area contributed by atoms with Crippen LogP contribution in [0.1, 0.15) is 21.5 Å². The minimum atomic E-state index is -0.349. The molecule has 0 bridgehead atoms. The summed E-state index contributed by atoms with van der Waals surface area (Å²) in [7, 11) is 0. The van der Waals surface area contributed by atoms with Gasteiger partial charge in [0.25, 0.3) is 5.91 Å². The maximum Gasteiger partial charge on any atom is 0.280 e. The molecule has 6 nitrogen and oxygen atoms in total. The summed E-state index contributed by atoms with van der Waals surface area (Å²) >= 11 is 7.11. The van der Waals surface area contributed by atoms with Crippen molar-refractivity contribution in [2.45, 2.75) is 19.0 Å². The molecule has 1 amide bonds. The zero-order valence-electron chi connectivity index (χ0n) is 18.1. The monoisotopic (exact) mass is 476 g/mol. The summed E-state index contributed by atoms with van der Waals surface area (Å²) in [6, 6.07) is 21.8. The van der Waals surface area contributed by atoms with Gasteiger partial charge in [0.2, 0.25) is 5.91 Å². The van der Waals surface area contributed by atoms with Gasteiger partial charge in [-0.25, -0.2) is 4.98 Å². The normalized spacial score (nSPS) is 10.8. The first-order valence-corrected chi connectivity index (χ1v) is 11.6. The minimum absolute atomic E-state index is 0.0772. The van der Waals surface area contributed by atoms with Crippen LogP contribution in [0.2, 0.25) is 5.02 Å². The number of nitrogens with zero attached hydrogens (tertiary/aromatic N) is 3. The van der Waals surface area contributed by atoms with Crippen molar-refractivity contribution in [3.8, 4) is 11.4 Å². The van der Waals surface area contributed by atoms with Gasteiger partial charge in [-0.15, -0.1) is 5.10 Å². The minimum Gasteiger partial charge on any atom is -0.325 e. The third-order valence-corrected chi connectivity index (χ3v) is 5.91. The number of rotatable bonds is 6. The average molecular weight is 477 g/mol. The highest BCUT2D eigenvalue weighted by molar-refractivity contribution is 7.99. The molecule has 0 aliphatic heterocycles. The highest BCUT2D eigenvalue weighted by Gasteiger charge is 2.20. The number of hydrogen-bond acceptors (Lipinski definition) is 5. The van der Waals surface area contributed by atoms with Crippen molar-refractivity contribution in [3.63, 3.8) is 0 Å². The van der Waals surface area contributed by atoms with Crippen molar-refractivity contribution >= 4 is 40.9 Å². The zero-order valence-corrected chi connectivity index (χ0v) is 19.7. The molecular formula is C25H21ClN4O2S. The fourth-order valence-electron chi connectivity index (χ4n) is 3.32. The van der Waals surface area contributed by atoms with E-state index < -0.39 is 0 Å². The molecule has 0 unspecified atom stereocenters. The topological polar surface area (TPSA) is 76.9 Å². The van der Waals surface area contributed by atoms with Crippen LogP contribution in [0, 0.1) is 13.8 Å². The average Bonchev–Trinajstić information content (AvgIpc) is 3.22. The lowest BCUT2D eigenvalue weighted by Crippen LogP contribution is -2.17. The standard InChI is InChI=1S/C25H21ClN4O2S/c1-16-12-17(2)14-21(13-16)27-22(31)15-33-25-28-23(18-6-4-3-5-7-18)29-30(25)24(32)19-8-10-20(26)11-9-19/h3-14H,15H2,1-2H3,(H,27,31). The van der Waals surface area contributed by atoms with E-state index in [0.29, 0.717) is 21.6 Å². The zero-order chi connectivity index (χ0) is 23.4. The molecule has 0 spiro atoms. The molecule has 166 valence electrons. The Morgan fingerprint density at radius 3 is 2.30 bits per heavy atom. The highest BCUT2D eigenvalue weighted by atomic mass is 35.5. The number of halogens is 1. The first-order chi connectivity index (χ1) is 15.9. The van der Waals surface area contributed by atoms with Crippen LogP contribution in [0.3, 0.4) is 0 Å². The van der Waals surface area contributed by atoms with Gasteiger partial charge in [-0.1, -0.05) is 59.8 Å². The summed E-state index contributed by atoms with van der Waals surface area (Å²) in [5, 5.41) is 8.21. The molecule has 0 atom stereocenters. The van der Waals surface area contributed by atoms with Crippen LogP contribution < -0.4 is 5.32 Å². The van der Waals surface area contributed by atoms with Crippen LogP contribution in [0.15, 0.2) is 78.0 Å². The molecule has 1 heterocycles. The van der Waals surface area contributed by atoms with Crippen LogP contribution in [0.25, 0.3) is 11.4 Å². The Bertz CT molecular complexity index is 1280. The van der Waals surface area contributed by atoms with Gasteiger partial charge in [0.15, 0.2) is 11.0 Å². The highest BCUT2D eigenvalue weighted by Crippen LogP contribution is 2.24. The molecule has 0 saturated heterocycles. The van der Waals surface area contributed by atoms with Crippen LogP contribution >= 0.6 is 23.4 Å². The first-order valence-electron chi connectivity index (χ1n) is 10.2. The lowest BCUT2D eigenvalue weighted by Gasteiger charge is -2.08. The second-order valence-electron chi connectivity index (χ2n) is 7.52. The predicted octanol–water partition coefficient (Wildman–Crippen LogP) is 5.63. The van der Waals surface area contributed by atoms with Gasteiger partial charge >= 0.3 is 0 Å². The van der Waals surface area contributed by atoms with E-state index in [0.717, 1.165) is 34.1 Å². The Labute approximate surface area is 201 Å². The Balaban J connectivity index is 1.57. The molecule has 1 N–H and O–H groups in total. The second kappa shape index (κ2) is 10.0. The van der Waals surface area contributed by atoms with Gasteiger partial charge in [-0.2, -0.15) is 4.68 Å². The lowest BCUT2D eigenvalue weighted by molar-refractivity contribution is -0.113. The Morgan fingerprint density at radius 1 is 0.970 bits per heavy atom. The summed E-state index contributed by atoms with van der Waals surface area (Å²) in [5.74, 6) is -0.0539. The van der Waals surface area contributed by atoms with Crippen molar-refractivity contribution in [3.05, 3.63) is 94.5 Å². The number of aromatic nitrogens is 3. The van der Waals surface area contributed by atoms with E-state index >= 15 is 0 Å². The lowest BCUT2D eigenvalue weighted by atomic mass is 10.1. The van der Waals surface area contributed by atoms with E-state index in [2.05, 4.69) is 15.4 Å². The smallest absolute Gasteiger partial charge is 0.280 e. The molecule has 0 fully saturated rings. The van der Waals surface area contributed by atoms with Gasteiger partial charge in [0.1, 0.15) is 0 Å². The van der Waals surface area contributed by atoms with E-state index in [4.69, 9.17) is 11.6 Å². The molecular weight excluding hydrogens is 456 g/mol. The summed E-state index contributed by atoms with van der Waals surface area (Å²) in [4.78, 5) is 30.3. The van der Waals surface area contributed by atoms with E-state index in [9.17, 15) is 9.59 Å². The second-order valence-corrected chi connectivity index (χ2v) is 8.90. The molecule has 1 aromatic heterocycles. The number of aryl methyl sites for hydroxylation is 2. The molecule has 0 aliphatic rings. The largest absolute Gasteiger partial charge is 0.325 e. The maximum atomic E-state index is 13.1. The van der Waals surface area contributed by atoms with Crippen molar-refractivity contribution < 1.29 is 9.59 Å². The summed E-state index contributed by atoms with van der Waals surface area (Å²) in [6.07, 6.45) is 0. The van der Waals surface area contributed by atoms with Crippen molar-refractivity contribution in [1.29, 1.82) is 0 Å². The van der Waals surface area contributed by atoms with E-state index in [1.54, 1.807) is 24.3 Å². The quantitative estimate of drug-likeness (QED) is 0.365. The number of anilines is 1. The van der Waals surface area contributed by atoms with Gasteiger partial charge in [-0.05, 0) is 61.4 Å². The van der Waals surface area contributed by atoms with Gasteiger partial charge in [0, 0.05) is 21.8 Å². The van der Waals surface area contributed by atoms with E-state index in [1.165, 1.54) is 4.68 Å². The van der Waals surface area contributed by atoms with Crippen LogP contribution in [-0.2, 0) is 4.79 Å². The third kappa shape index (κ3) is 5.69. The fraction of sp³-hybridized carbons (Fsp3) is 0.120. The SMILES string of the molecule is Cc1cc(C)cc(NC(=O)CSc2nc(-c3ccccc3)nn2C(=O)c2ccc(Cl)cc2)c1. The van der Waals surface area contributed by atoms with Crippen LogP contribution in [0.5, 0.6) is 0 Å². The Kier molecular flexibility index (Phi) is 6.91. The molecule has 4 rings (SSSR count). The molecule has 4 aromatic rings. The maximum absolute atomic E-state index is 13.1. The molecule has 0 saturated carbocycles. The van der Waals surface area contributed by atoms with Crippen molar-refractivity contribution in [1.82, 2.24) is 14.8 Å². The molecule has 8 heteroatoms. The number of nitrogens with one attached hydrogen (secondary N) is 1. The van der Waals surface area contributed by atoms with Crippen LogP contribution in [0.4, 0.5) is 5.69 Å². The van der Waals surface area contributed by atoms with Gasteiger partial charge in [-0.3, -0.25) is 9.59 Å².